The highest BCUT2D eigenvalue weighted by Gasteiger charge is 2.31. The minimum Gasteiger partial charge on any atom is -0.351 e. The minimum atomic E-state index is -0.360. The Morgan fingerprint density at radius 1 is 1.29 bits per heavy atom. The first kappa shape index (κ1) is 16.2. The fraction of sp³-hybridized carbons (Fsp3) is 0.412. The summed E-state index contributed by atoms with van der Waals surface area (Å²) in [5, 5.41) is 11.8. The Balaban J connectivity index is 2.11. The zero-order valence-electron chi connectivity index (χ0n) is 14.0. The molecule has 1 aromatic carbocycles. The first-order valence-electron chi connectivity index (χ1n) is 8.20. The number of rotatable bonds is 5. The van der Waals surface area contributed by atoms with E-state index in [0.29, 0.717) is 18.2 Å². The summed E-state index contributed by atoms with van der Waals surface area (Å²) in [6.45, 7) is 6.15. The molecule has 1 saturated heterocycles. The summed E-state index contributed by atoms with van der Waals surface area (Å²) in [4.78, 5) is 23.8. The van der Waals surface area contributed by atoms with Gasteiger partial charge in [0, 0.05) is 25.3 Å². The molecule has 0 bridgehead atoms. The maximum Gasteiger partial charge on any atom is 0.353 e. The quantitative estimate of drug-likeness (QED) is 0.618. The number of benzene rings is 1. The van der Waals surface area contributed by atoms with E-state index in [0.717, 1.165) is 37.2 Å². The van der Waals surface area contributed by atoms with E-state index >= 15 is 0 Å². The molecule has 0 N–H and O–H groups in total. The van der Waals surface area contributed by atoms with E-state index in [1.165, 1.54) is 6.33 Å². The van der Waals surface area contributed by atoms with E-state index in [9.17, 15) is 10.1 Å². The van der Waals surface area contributed by atoms with Crippen LogP contribution in [0.5, 0.6) is 0 Å². The second kappa shape index (κ2) is 6.82. The Bertz CT molecular complexity index is 744. The lowest BCUT2D eigenvalue weighted by molar-refractivity contribution is -0.383. The van der Waals surface area contributed by atoms with Gasteiger partial charge in [-0.15, -0.1) is 0 Å². The van der Waals surface area contributed by atoms with Gasteiger partial charge in [0.25, 0.3) is 0 Å². The van der Waals surface area contributed by atoms with E-state index in [4.69, 9.17) is 0 Å². The average Bonchev–Trinajstić information content (AvgIpc) is 3.09. The summed E-state index contributed by atoms with van der Waals surface area (Å²) in [6.07, 6.45) is 3.49. The van der Waals surface area contributed by atoms with E-state index in [1.807, 2.05) is 47.9 Å². The number of anilines is 3. The van der Waals surface area contributed by atoms with Gasteiger partial charge in [-0.1, -0.05) is 12.1 Å². The van der Waals surface area contributed by atoms with Crippen molar-refractivity contribution in [3.8, 4) is 0 Å². The molecule has 0 unspecified atom stereocenters. The highest BCUT2D eigenvalue weighted by molar-refractivity contribution is 5.76. The minimum absolute atomic E-state index is 0.0113. The number of hydrogen-bond acceptors (Lipinski definition) is 6. The first-order chi connectivity index (χ1) is 11.6. The topological polar surface area (TPSA) is 75.4 Å². The summed E-state index contributed by atoms with van der Waals surface area (Å²) < 4.78 is 0. The van der Waals surface area contributed by atoms with Crippen molar-refractivity contribution < 1.29 is 4.92 Å². The molecule has 0 spiro atoms. The normalized spacial score (nSPS) is 14.0. The third kappa shape index (κ3) is 3.02. The van der Waals surface area contributed by atoms with Crippen LogP contribution in [0.1, 0.15) is 25.3 Å². The Morgan fingerprint density at radius 3 is 2.67 bits per heavy atom. The third-order valence-corrected chi connectivity index (χ3v) is 4.26. The maximum absolute atomic E-state index is 11.8. The Kier molecular flexibility index (Phi) is 4.59. The van der Waals surface area contributed by atoms with Crippen molar-refractivity contribution in [3.63, 3.8) is 0 Å². The van der Waals surface area contributed by atoms with Crippen LogP contribution in [0.25, 0.3) is 0 Å². The van der Waals surface area contributed by atoms with Crippen molar-refractivity contribution in [2.24, 2.45) is 0 Å². The molecule has 1 aliphatic heterocycles. The lowest BCUT2D eigenvalue weighted by Crippen LogP contribution is -2.24. The Morgan fingerprint density at radius 2 is 2.04 bits per heavy atom. The van der Waals surface area contributed by atoms with Crippen molar-refractivity contribution >= 4 is 23.0 Å². The van der Waals surface area contributed by atoms with Gasteiger partial charge >= 0.3 is 5.69 Å². The van der Waals surface area contributed by atoms with Gasteiger partial charge in [0.1, 0.15) is 6.33 Å². The lowest BCUT2D eigenvalue weighted by atomic mass is 10.2. The molecule has 0 saturated carbocycles. The van der Waals surface area contributed by atoms with Gasteiger partial charge in [0.05, 0.1) is 4.92 Å². The number of nitro groups is 1. The van der Waals surface area contributed by atoms with Crippen LogP contribution in [0.2, 0.25) is 0 Å². The molecule has 0 aliphatic carbocycles. The molecule has 7 heteroatoms. The molecule has 0 atom stereocenters. The van der Waals surface area contributed by atoms with Crippen LogP contribution in [0, 0.1) is 17.0 Å². The zero-order valence-corrected chi connectivity index (χ0v) is 14.0. The highest BCUT2D eigenvalue weighted by Crippen LogP contribution is 2.38. The molecule has 1 aromatic heterocycles. The number of aryl methyl sites for hydroxylation is 1. The van der Waals surface area contributed by atoms with Gasteiger partial charge in [-0.3, -0.25) is 10.1 Å². The monoisotopic (exact) mass is 327 g/mol. The molecule has 0 amide bonds. The van der Waals surface area contributed by atoms with Crippen LogP contribution in [0.3, 0.4) is 0 Å². The standard InChI is InChI=1S/C17H21N5O2/c1-3-21(14-8-6-7-13(2)11-14)17-15(22(23)24)16(18-12-19-17)20-9-4-5-10-20/h6-8,11-12H,3-5,9-10H2,1-2H3. The SMILES string of the molecule is CCN(c1cccc(C)c1)c1ncnc(N2CCCC2)c1[N+](=O)[O-]. The number of nitrogens with zero attached hydrogens (tertiary/aromatic N) is 5. The van der Waals surface area contributed by atoms with Crippen molar-refractivity contribution in [1.29, 1.82) is 0 Å². The molecule has 0 radical (unpaired) electrons. The van der Waals surface area contributed by atoms with Crippen LogP contribution in [-0.2, 0) is 0 Å². The van der Waals surface area contributed by atoms with Gasteiger partial charge in [0.15, 0.2) is 0 Å². The summed E-state index contributed by atoms with van der Waals surface area (Å²) >= 11 is 0. The maximum atomic E-state index is 11.8. The van der Waals surface area contributed by atoms with E-state index in [2.05, 4.69) is 9.97 Å². The molecule has 126 valence electrons. The predicted octanol–water partition coefficient (Wildman–Crippen LogP) is 3.45. The average molecular weight is 327 g/mol. The Hall–Kier alpha value is -2.70. The molecule has 2 aromatic rings. The summed E-state index contributed by atoms with van der Waals surface area (Å²) in [5.74, 6) is 0.776. The summed E-state index contributed by atoms with van der Waals surface area (Å²) in [6, 6.07) is 7.89. The van der Waals surface area contributed by atoms with E-state index in [1.54, 1.807) is 0 Å². The summed E-state index contributed by atoms with van der Waals surface area (Å²) in [7, 11) is 0. The van der Waals surface area contributed by atoms with Crippen molar-refractivity contribution in [1.82, 2.24) is 9.97 Å². The van der Waals surface area contributed by atoms with Gasteiger partial charge < -0.3 is 9.80 Å². The molecule has 24 heavy (non-hydrogen) atoms. The molecule has 1 aliphatic rings. The van der Waals surface area contributed by atoms with E-state index < -0.39 is 0 Å². The van der Waals surface area contributed by atoms with Crippen LogP contribution in [0.4, 0.5) is 23.0 Å². The largest absolute Gasteiger partial charge is 0.353 e. The van der Waals surface area contributed by atoms with Gasteiger partial charge in [-0.05, 0) is 44.4 Å². The smallest absolute Gasteiger partial charge is 0.351 e. The third-order valence-electron chi connectivity index (χ3n) is 4.26. The van der Waals surface area contributed by atoms with Crippen molar-refractivity contribution in [2.75, 3.05) is 29.4 Å². The molecule has 1 fully saturated rings. The van der Waals surface area contributed by atoms with Gasteiger partial charge in [0.2, 0.25) is 11.6 Å². The van der Waals surface area contributed by atoms with Crippen molar-refractivity contribution in [2.45, 2.75) is 26.7 Å². The number of hydrogen-bond donors (Lipinski definition) is 0. The van der Waals surface area contributed by atoms with Crippen LogP contribution in [-0.4, -0.2) is 34.5 Å². The van der Waals surface area contributed by atoms with Crippen LogP contribution >= 0.6 is 0 Å². The molecule has 2 heterocycles. The van der Waals surface area contributed by atoms with Crippen LogP contribution in [0.15, 0.2) is 30.6 Å². The molecule has 3 rings (SSSR count). The molecular formula is C17H21N5O2. The van der Waals surface area contributed by atoms with Crippen LogP contribution < -0.4 is 9.80 Å². The molecular weight excluding hydrogens is 306 g/mol. The second-order valence-electron chi connectivity index (χ2n) is 5.90. The predicted molar refractivity (Wildman–Crippen MR) is 94.0 cm³/mol. The fourth-order valence-electron chi connectivity index (χ4n) is 3.13. The number of aromatic nitrogens is 2. The fourth-order valence-corrected chi connectivity index (χ4v) is 3.13. The lowest BCUT2D eigenvalue weighted by Gasteiger charge is -2.24. The van der Waals surface area contributed by atoms with Gasteiger partial charge in [-0.2, -0.15) is 0 Å². The van der Waals surface area contributed by atoms with Gasteiger partial charge in [-0.25, -0.2) is 9.97 Å². The highest BCUT2D eigenvalue weighted by atomic mass is 16.6. The second-order valence-corrected chi connectivity index (χ2v) is 5.90. The van der Waals surface area contributed by atoms with Crippen molar-refractivity contribution in [3.05, 3.63) is 46.3 Å². The summed E-state index contributed by atoms with van der Waals surface area (Å²) in [5.41, 5.74) is 1.98. The zero-order chi connectivity index (χ0) is 17.1. The first-order valence-corrected chi connectivity index (χ1v) is 8.20. The Labute approximate surface area is 141 Å². The molecule has 7 nitrogen and oxygen atoms in total. The van der Waals surface area contributed by atoms with E-state index in [-0.39, 0.29) is 10.6 Å².